The fourth-order valence-corrected chi connectivity index (χ4v) is 7.00. The number of thiophene rings is 1. The summed E-state index contributed by atoms with van der Waals surface area (Å²) in [7, 11) is -2.28. The Kier molecular flexibility index (Phi) is 6.76. The van der Waals surface area contributed by atoms with Crippen molar-refractivity contribution in [3.63, 3.8) is 0 Å². The van der Waals surface area contributed by atoms with Crippen molar-refractivity contribution in [3.05, 3.63) is 40.1 Å². The third-order valence-corrected chi connectivity index (χ3v) is 8.87. The number of nitrogens with zero attached hydrogens (tertiary/aromatic N) is 3. The third kappa shape index (κ3) is 4.91. The maximum absolute atomic E-state index is 13.4. The largest absolute Gasteiger partial charge is 0.495 e. The average Bonchev–Trinajstić information content (AvgIpc) is 3.40. The lowest BCUT2D eigenvalue weighted by Gasteiger charge is -2.31. The second kappa shape index (κ2) is 9.41. The van der Waals surface area contributed by atoms with Gasteiger partial charge in [-0.05, 0) is 44.0 Å². The third-order valence-electron chi connectivity index (χ3n) is 5.41. The minimum absolute atomic E-state index is 0.101. The second-order valence-electron chi connectivity index (χ2n) is 7.71. The number of anilines is 1. The molecule has 1 saturated heterocycles. The van der Waals surface area contributed by atoms with E-state index in [4.69, 9.17) is 20.9 Å². The molecule has 12 heteroatoms. The van der Waals surface area contributed by atoms with Crippen LogP contribution in [0.3, 0.4) is 0 Å². The maximum atomic E-state index is 13.4. The van der Waals surface area contributed by atoms with E-state index in [2.05, 4.69) is 15.5 Å². The molecule has 0 spiro atoms. The van der Waals surface area contributed by atoms with E-state index in [0.717, 1.165) is 0 Å². The molecular formula is C21H23ClN4O5S2. The Morgan fingerprint density at radius 1 is 1.33 bits per heavy atom. The summed E-state index contributed by atoms with van der Waals surface area (Å²) >= 11 is 7.43. The molecule has 2 aromatic heterocycles. The van der Waals surface area contributed by atoms with Gasteiger partial charge in [0.05, 0.1) is 27.8 Å². The standard InChI is InChI=1S/C21H23ClN4O5S2/c1-12-19(10-18(32-12)20-23-13(2)31-25-20)33(28,29)26-8-4-5-14(11-26)21(27)24-15-6-7-17(30-3)16(22)9-15/h6-7,9-10,14H,4-5,8,11H2,1-3H3,(H,24,27)/t14-/m0/s1. The minimum Gasteiger partial charge on any atom is -0.495 e. The highest BCUT2D eigenvalue weighted by molar-refractivity contribution is 7.89. The lowest BCUT2D eigenvalue weighted by molar-refractivity contribution is -0.120. The van der Waals surface area contributed by atoms with Gasteiger partial charge in [-0.1, -0.05) is 16.8 Å². The predicted octanol–water partition coefficient (Wildman–Crippen LogP) is 4.12. The Morgan fingerprint density at radius 2 is 2.12 bits per heavy atom. The van der Waals surface area contributed by atoms with Gasteiger partial charge in [-0.15, -0.1) is 11.3 Å². The topological polar surface area (TPSA) is 115 Å². The van der Waals surface area contributed by atoms with E-state index >= 15 is 0 Å². The first-order valence-electron chi connectivity index (χ1n) is 10.2. The molecule has 1 atom stereocenters. The van der Waals surface area contributed by atoms with Crippen molar-refractivity contribution in [3.8, 4) is 16.5 Å². The summed E-state index contributed by atoms with van der Waals surface area (Å²) in [5.41, 5.74) is 0.527. The molecule has 3 heterocycles. The zero-order chi connectivity index (χ0) is 23.8. The summed E-state index contributed by atoms with van der Waals surface area (Å²) in [6.07, 6.45) is 1.18. The summed E-state index contributed by atoms with van der Waals surface area (Å²) in [6, 6.07) is 6.53. The molecule has 1 amide bonds. The molecule has 4 rings (SSSR count). The Bertz CT molecular complexity index is 1290. The highest BCUT2D eigenvalue weighted by Crippen LogP contribution is 2.35. The smallest absolute Gasteiger partial charge is 0.244 e. The molecule has 1 N–H and O–H groups in total. The van der Waals surface area contributed by atoms with Gasteiger partial charge in [0.2, 0.25) is 27.6 Å². The number of ether oxygens (including phenoxy) is 1. The summed E-state index contributed by atoms with van der Waals surface area (Å²) in [5, 5.41) is 7.08. The number of carbonyl (C=O) groups is 1. The van der Waals surface area contributed by atoms with Gasteiger partial charge in [-0.25, -0.2) is 8.42 Å². The van der Waals surface area contributed by atoms with Crippen LogP contribution in [0, 0.1) is 19.8 Å². The molecule has 0 aliphatic carbocycles. The van der Waals surface area contributed by atoms with Crippen LogP contribution in [0.2, 0.25) is 5.02 Å². The SMILES string of the molecule is COc1ccc(NC(=O)[C@H]2CCCN(S(=O)(=O)c3cc(-c4noc(C)n4)sc3C)C2)cc1Cl. The molecule has 1 aliphatic rings. The van der Waals surface area contributed by atoms with E-state index < -0.39 is 15.9 Å². The van der Waals surface area contributed by atoms with Gasteiger partial charge in [0.25, 0.3) is 0 Å². The van der Waals surface area contributed by atoms with Gasteiger partial charge in [-0.3, -0.25) is 4.79 Å². The summed E-state index contributed by atoms with van der Waals surface area (Å²) < 4.78 is 38.3. The predicted molar refractivity (Wildman–Crippen MR) is 125 cm³/mol. The number of hydrogen-bond acceptors (Lipinski definition) is 8. The van der Waals surface area contributed by atoms with Crippen LogP contribution in [0.15, 0.2) is 33.7 Å². The Labute approximate surface area is 200 Å². The van der Waals surface area contributed by atoms with Gasteiger partial charge < -0.3 is 14.6 Å². The number of carbonyl (C=O) groups excluding carboxylic acids is 1. The fraction of sp³-hybridized carbons (Fsp3) is 0.381. The number of nitrogens with one attached hydrogen (secondary N) is 1. The van der Waals surface area contributed by atoms with Crippen LogP contribution in [-0.2, 0) is 14.8 Å². The number of aryl methyl sites for hydroxylation is 2. The normalized spacial score (nSPS) is 17.2. The van der Waals surface area contributed by atoms with E-state index in [0.29, 0.717) is 57.3 Å². The first-order valence-corrected chi connectivity index (χ1v) is 12.9. The van der Waals surface area contributed by atoms with E-state index in [9.17, 15) is 13.2 Å². The fourth-order valence-electron chi connectivity index (χ4n) is 3.73. The van der Waals surface area contributed by atoms with Gasteiger partial charge in [0.1, 0.15) is 5.75 Å². The molecule has 9 nitrogen and oxygen atoms in total. The number of piperidine rings is 1. The Balaban J connectivity index is 1.50. The molecule has 33 heavy (non-hydrogen) atoms. The van der Waals surface area contributed by atoms with Gasteiger partial charge in [-0.2, -0.15) is 9.29 Å². The highest BCUT2D eigenvalue weighted by Gasteiger charge is 2.35. The number of amides is 1. The lowest BCUT2D eigenvalue weighted by Crippen LogP contribution is -2.43. The van der Waals surface area contributed by atoms with Crippen LogP contribution in [0.1, 0.15) is 23.6 Å². The number of sulfonamides is 1. The molecule has 1 fully saturated rings. The lowest BCUT2D eigenvalue weighted by atomic mass is 9.98. The zero-order valence-corrected chi connectivity index (χ0v) is 20.7. The number of halogens is 1. The summed E-state index contributed by atoms with van der Waals surface area (Å²) in [6.45, 7) is 3.87. The van der Waals surface area contributed by atoms with Crippen LogP contribution in [0.25, 0.3) is 10.7 Å². The summed E-state index contributed by atoms with van der Waals surface area (Å²) in [5.74, 6) is 0.541. The van der Waals surface area contributed by atoms with Crippen LogP contribution in [0.5, 0.6) is 5.75 Å². The molecular weight excluding hydrogens is 488 g/mol. The van der Waals surface area contributed by atoms with E-state index in [1.807, 2.05) is 0 Å². The van der Waals surface area contributed by atoms with E-state index in [1.165, 1.54) is 22.8 Å². The van der Waals surface area contributed by atoms with Crippen LogP contribution >= 0.6 is 22.9 Å². The van der Waals surface area contributed by atoms with Gasteiger partial charge >= 0.3 is 0 Å². The zero-order valence-electron chi connectivity index (χ0n) is 18.3. The number of aromatic nitrogens is 2. The second-order valence-corrected chi connectivity index (χ2v) is 11.3. The molecule has 0 radical (unpaired) electrons. The average molecular weight is 511 g/mol. The first-order chi connectivity index (χ1) is 15.7. The van der Waals surface area contributed by atoms with Gasteiger partial charge in [0, 0.05) is 30.6 Å². The molecule has 1 aliphatic heterocycles. The van der Waals surface area contributed by atoms with Crippen molar-refractivity contribution in [1.29, 1.82) is 0 Å². The molecule has 0 saturated carbocycles. The molecule has 0 unspecified atom stereocenters. The first kappa shape index (κ1) is 23.7. The maximum Gasteiger partial charge on any atom is 0.244 e. The molecule has 176 valence electrons. The van der Waals surface area contributed by atoms with Crippen molar-refractivity contribution in [2.24, 2.45) is 5.92 Å². The van der Waals surface area contributed by atoms with Crippen molar-refractivity contribution in [1.82, 2.24) is 14.4 Å². The van der Waals surface area contributed by atoms with Crippen LogP contribution in [0.4, 0.5) is 5.69 Å². The van der Waals surface area contributed by atoms with Gasteiger partial charge in [0.15, 0.2) is 0 Å². The van der Waals surface area contributed by atoms with E-state index in [-0.39, 0.29) is 17.3 Å². The molecule has 3 aromatic rings. The number of hydrogen-bond donors (Lipinski definition) is 1. The van der Waals surface area contributed by atoms with Crippen molar-refractivity contribution in [2.75, 3.05) is 25.5 Å². The quantitative estimate of drug-likeness (QED) is 0.530. The van der Waals surface area contributed by atoms with Crippen LogP contribution < -0.4 is 10.1 Å². The number of benzene rings is 1. The Hall–Kier alpha value is -2.47. The van der Waals surface area contributed by atoms with Crippen molar-refractivity contribution < 1.29 is 22.5 Å². The molecule has 0 bridgehead atoms. The minimum atomic E-state index is -3.79. The monoisotopic (exact) mass is 510 g/mol. The molecule has 1 aromatic carbocycles. The summed E-state index contributed by atoms with van der Waals surface area (Å²) in [4.78, 5) is 18.5. The Morgan fingerprint density at radius 3 is 2.79 bits per heavy atom. The van der Waals surface area contributed by atoms with Crippen molar-refractivity contribution >= 4 is 44.6 Å². The van der Waals surface area contributed by atoms with Crippen molar-refractivity contribution in [2.45, 2.75) is 31.6 Å². The van der Waals surface area contributed by atoms with E-state index in [1.54, 1.807) is 38.1 Å². The van der Waals surface area contributed by atoms with Crippen LogP contribution in [-0.4, -0.2) is 49.0 Å². The number of rotatable bonds is 6. The highest BCUT2D eigenvalue weighted by atomic mass is 35.5. The number of methoxy groups -OCH3 is 1.